The molecule has 6 nitrogen and oxygen atoms in total. The van der Waals surface area contributed by atoms with E-state index in [0.717, 1.165) is 35.3 Å². The first-order valence-corrected chi connectivity index (χ1v) is 11.0. The summed E-state index contributed by atoms with van der Waals surface area (Å²) in [5, 5.41) is 6.86. The average Bonchev–Trinajstić information content (AvgIpc) is 3.22. The van der Waals surface area contributed by atoms with Gasteiger partial charge in [-0.25, -0.2) is 9.67 Å². The lowest BCUT2D eigenvalue weighted by atomic mass is 9.98. The molecule has 1 amide bonds. The van der Waals surface area contributed by atoms with Crippen molar-refractivity contribution in [3.05, 3.63) is 69.6 Å². The van der Waals surface area contributed by atoms with Gasteiger partial charge in [0.1, 0.15) is 0 Å². The second-order valence-corrected chi connectivity index (χ2v) is 8.86. The first kappa shape index (κ1) is 18.9. The lowest BCUT2D eigenvalue weighted by molar-refractivity contribution is -0.131. The number of amides is 1. The Morgan fingerprint density at radius 2 is 1.90 bits per heavy atom. The second-order valence-electron chi connectivity index (χ2n) is 7.80. The van der Waals surface area contributed by atoms with Crippen LogP contribution in [0, 0.1) is 0 Å². The SMILES string of the molecule is Cn1nc(CC(=O)N2CCC[C@@H](c3nc4ccccc4s3)C2)c2ccccc2c1=O. The summed E-state index contributed by atoms with van der Waals surface area (Å²) in [6.07, 6.45) is 2.21. The van der Waals surface area contributed by atoms with Crippen LogP contribution in [0.1, 0.15) is 29.5 Å². The van der Waals surface area contributed by atoms with Crippen LogP contribution in [0.2, 0.25) is 0 Å². The smallest absolute Gasteiger partial charge is 0.274 e. The number of rotatable bonds is 3. The van der Waals surface area contributed by atoms with Crippen molar-refractivity contribution in [3.8, 4) is 0 Å². The molecule has 0 spiro atoms. The van der Waals surface area contributed by atoms with Gasteiger partial charge in [-0.2, -0.15) is 5.10 Å². The largest absolute Gasteiger partial charge is 0.342 e. The van der Waals surface area contributed by atoms with Gasteiger partial charge in [0.05, 0.1) is 32.7 Å². The van der Waals surface area contributed by atoms with E-state index in [9.17, 15) is 9.59 Å². The Morgan fingerprint density at radius 1 is 1.13 bits per heavy atom. The molecule has 0 radical (unpaired) electrons. The van der Waals surface area contributed by atoms with Gasteiger partial charge in [-0.1, -0.05) is 30.3 Å². The molecule has 152 valence electrons. The lowest BCUT2D eigenvalue weighted by Crippen LogP contribution is -2.40. The number of hydrogen-bond acceptors (Lipinski definition) is 5. The zero-order chi connectivity index (χ0) is 20.7. The number of benzene rings is 2. The minimum atomic E-state index is -0.143. The topological polar surface area (TPSA) is 68.1 Å². The van der Waals surface area contributed by atoms with Crippen LogP contribution in [0.5, 0.6) is 0 Å². The van der Waals surface area contributed by atoms with Gasteiger partial charge in [0.25, 0.3) is 5.56 Å². The average molecular weight is 419 g/mol. The number of thiazole rings is 1. The monoisotopic (exact) mass is 418 g/mol. The summed E-state index contributed by atoms with van der Waals surface area (Å²) in [5.41, 5.74) is 1.54. The highest BCUT2D eigenvalue weighted by molar-refractivity contribution is 7.18. The number of piperidine rings is 1. The molecule has 1 saturated heterocycles. The van der Waals surface area contributed by atoms with E-state index in [4.69, 9.17) is 4.98 Å². The maximum absolute atomic E-state index is 13.1. The highest BCUT2D eigenvalue weighted by atomic mass is 32.1. The van der Waals surface area contributed by atoms with Gasteiger partial charge in [-0.15, -0.1) is 11.3 Å². The van der Waals surface area contributed by atoms with Crippen LogP contribution in [0.4, 0.5) is 0 Å². The number of para-hydroxylation sites is 1. The van der Waals surface area contributed by atoms with Gasteiger partial charge in [0.15, 0.2) is 0 Å². The molecule has 0 unspecified atom stereocenters. The number of fused-ring (bicyclic) bond motifs is 2. The van der Waals surface area contributed by atoms with Gasteiger partial charge in [-0.05, 0) is 31.0 Å². The van der Waals surface area contributed by atoms with Gasteiger partial charge >= 0.3 is 0 Å². The summed E-state index contributed by atoms with van der Waals surface area (Å²) in [6, 6.07) is 15.5. The Kier molecular flexibility index (Phi) is 4.83. The van der Waals surface area contributed by atoms with Crippen molar-refractivity contribution < 1.29 is 4.79 Å². The van der Waals surface area contributed by atoms with Gasteiger partial charge in [-0.3, -0.25) is 9.59 Å². The Bertz CT molecular complexity index is 1280. The van der Waals surface area contributed by atoms with Gasteiger partial charge in [0.2, 0.25) is 5.91 Å². The van der Waals surface area contributed by atoms with E-state index in [-0.39, 0.29) is 23.8 Å². The number of carbonyl (C=O) groups is 1. The Balaban J connectivity index is 1.38. The van der Waals surface area contributed by atoms with Crippen LogP contribution in [0.15, 0.2) is 53.3 Å². The van der Waals surface area contributed by atoms with Crippen LogP contribution < -0.4 is 5.56 Å². The molecule has 30 heavy (non-hydrogen) atoms. The fourth-order valence-electron chi connectivity index (χ4n) is 4.23. The third kappa shape index (κ3) is 3.39. The number of nitrogens with zero attached hydrogens (tertiary/aromatic N) is 4. The molecule has 4 aromatic rings. The van der Waals surface area contributed by atoms with E-state index in [1.165, 1.54) is 9.38 Å². The van der Waals surface area contributed by atoms with Crippen molar-refractivity contribution in [3.63, 3.8) is 0 Å². The van der Waals surface area contributed by atoms with Crippen LogP contribution in [-0.2, 0) is 18.3 Å². The van der Waals surface area contributed by atoms with E-state index in [2.05, 4.69) is 11.2 Å². The Labute approximate surface area is 177 Å². The fraction of sp³-hybridized carbons (Fsp3) is 0.304. The third-order valence-electron chi connectivity index (χ3n) is 5.79. The summed E-state index contributed by atoms with van der Waals surface area (Å²) < 4.78 is 2.52. The molecule has 7 heteroatoms. The van der Waals surface area contributed by atoms with Crippen molar-refractivity contribution in [1.29, 1.82) is 0 Å². The van der Waals surface area contributed by atoms with Gasteiger partial charge in [0, 0.05) is 31.4 Å². The molecule has 1 atom stereocenters. The molecule has 0 saturated carbocycles. The third-order valence-corrected chi connectivity index (χ3v) is 6.98. The summed E-state index contributed by atoms with van der Waals surface area (Å²) >= 11 is 1.73. The van der Waals surface area contributed by atoms with Crippen LogP contribution in [0.3, 0.4) is 0 Å². The fourth-order valence-corrected chi connectivity index (χ4v) is 5.32. The maximum Gasteiger partial charge on any atom is 0.274 e. The van der Waals surface area contributed by atoms with E-state index < -0.39 is 0 Å². The Morgan fingerprint density at radius 3 is 2.73 bits per heavy atom. The number of likely N-dealkylation sites (tertiary alicyclic amines) is 1. The van der Waals surface area contributed by atoms with Gasteiger partial charge < -0.3 is 4.90 Å². The lowest BCUT2D eigenvalue weighted by Gasteiger charge is -2.32. The molecule has 0 N–H and O–H groups in total. The first-order valence-electron chi connectivity index (χ1n) is 10.2. The number of aryl methyl sites for hydroxylation is 1. The molecule has 2 aromatic heterocycles. The Hall–Kier alpha value is -3.06. The number of aromatic nitrogens is 3. The quantitative estimate of drug-likeness (QED) is 0.511. The minimum absolute atomic E-state index is 0.0529. The molecule has 0 bridgehead atoms. The predicted octanol–water partition coefficient (Wildman–Crippen LogP) is 3.49. The van der Waals surface area contributed by atoms with Crippen molar-refractivity contribution >= 4 is 38.2 Å². The summed E-state index contributed by atoms with van der Waals surface area (Å²) in [6.45, 7) is 1.44. The molecule has 3 heterocycles. The zero-order valence-corrected chi connectivity index (χ0v) is 17.6. The molecule has 1 fully saturated rings. The molecule has 2 aromatic carbocycles. The van der Waals surface area contributed by atoms with E-state index >= 15 is 0 Å². The first-order chi connectivity index (χ1) is 14.6. The zero-order valence-electron chi connectivity index (χ0n) is 16.7. The van der Waals surface area contributed by atoms with Crippen LogP contribution in [0.25, 0.3) is 21.0 Å². The van der Waals surface area contributed by atoms with E-state index in [1.807, 2.05) is 41.3 Å². The maximum atomic E-state index is 13.1. The van der Waals surface area contributed by atoms with E-state index in [1.54, 1.807) is 24.5 Å². The highest BCUT2D eigenvalue weighted by Crippen LogP contribution is 2.33. The highest BCUT2D eigenvalue weighted by Gasteiger charge is 2.27. The minimum Gasteiger partial charge on any atom is -0.342 e. The molecular formula is C23H22N4O2S. The van der Waals surface area contributed by atoms with Crippen molar-refractivity contribution in [2.75, 3.05) is 13.1 Å². The number of hydrogen-bond donors (Lipinski definition) is 0. The number of carbonyl (C=O) groups excluding carboxylic acids is 1. The second kappa shape index (κ2) is 7.65. The van der Waals surface area contributed by atoms with Crippen molar-refractivity contribution in [2.45, 2.75) is 25.2 Å². The van der Waals surface area contributed by atoms with Crippen LogP contribution in [-0.4, -0.2) is 38.7 Å². The van der Waals surface area contributed by atoms with Crippen molar-refractivity contribution in [1.82, 2.24) is 19.7 Å². The van der Waals surface area contributed by atoms with Crippen LogP contribution >= 0.6 is 11.3 Å². The summed E-state index contributed by atoms with van der Waals surface area (Å²) in [7, 11) is 1.63. The van der Waals surface area contributed by atoms with E-state index in [0.29, 0.717) is 17.6 Å². The summed E-state index contributed by atoms with van der Waals surface area (Å²) in [5.74, 6) is 0.321. The molecule has 0 aliphatic carbocycles. The molecule has 1 aliphatic heterocycles. The summed E-state index contributed by atoms with van der Waals surface area (Å²) in [4.78, 5) is 32.2. The normalized spacial score (nSPS) is 17.0. The molecular weight excluding hydrogens is 396 g/mol. The predicted molar refractivity (Wildman–Crippen MR) is 119 cm³/mol. The molecule has 5 rings (SSSR count). The van der Waals surface area contributed by atoms with Crippen molar-refractivity contribution in [2.24, 2.45) is 7.05 Å². The standard InChI is InChI=1S/C23H22N4O2S/c1-26-23(29)17-9-3-2-8-16(17)19(25-26)13-21(28)27-12-6-7-15(14-27)22-24-18-10-4-5-11-20(18)30-22/h2-5,8-11,15H,6-7,12-14H2,1H3/t15-/m1/s1. The molecule has 1 aliphatic rings.